The fraction of sp³-hybridized carbons (Fsp3) is 0.900. The number of unbranched alkanes of at least 4 members (excludes halogenated alkanes) is 1. The van der Waals surface area contributed by atoms with Crippen LogP contribution in [0.2, 0.25) is 0 Å². The summed E-state index contributed by atoms with van der Waals surface area (Å²) in [5, 5.41) is 45.6. The molecule has 0 aromatic rings. The molecule has 0 aliphatic rings. The maximum Gasteiger partial charge on any atom is 0.195 e. The van der Waals surface area contributed by atoms with Gasteiger partial charge in [0, 0.05) is 0 Å². The van der Waals surface area contributed by atoms with Gasteiger partial charge in [-0.1, -0.05) is 0 Å². The first-order valence-electron chi connectivity index (χ1n) is 5.52. The minimum atomic E-state index is -1.90. The molecule has 0 radical (unpaired) electrons. The number of rotatable bonds is 9. The Morgan fingerprint density at radius 2 is 1.53 bits per heavy atom. The Morgan fingerprint density at radius 3 is 2.00 bits per heavy atom. The second kappa shape index (κ2) is 8.51. The van der Waals surface area contributed by atoms with Crippen molar-refractivity contribution in [1.82, 2.24) is 0 Å². The molecule has 7 N–H and O–H groups in total. The van der Waals surface area contributed by atoms with Gasteiger partial charge in [-0.3, -0.25) is 4.79 Å². The summed E-state index contributed by atoms with van der Waals surface area (Å²) >= 11 is 0. The molecule has 0 heterocycles. The van der Waals surface area contributed by atoms with Crippen LogP contribution in [0.15, 0.2) is 0 Å². The fourth-order valence-electron chi connectivity index (χ4n) is 1.31. The molecular weight excluding hydrogens is 230 g/mol. The summed E-state index contributed by atoms with van der Waals surface area (Å²) in [4.78, 5) is 11.4. The summed E-state index contributed by atoms with van der Waals surface area (Å²) in [6.45, 7) is -0.356. The first-order valence-corrected chi connectivity index (χ1v) is 5.52. The minimum Gasteiger partial charge on any atom is -0.394 e. The molecule has 102 valence electrons. The van der Waals surface area contributed by atoms with Gasteiger partial charge in [0.25, 0.3) is 0 Å². The van der Waals surface area contributed by atoms with E-state index in [2.05, 4.69) is 0 Å². The zero-order valence-corrected chi connectivity index (χ0v) is 9.57. The van der Waals surface area contributed by atoms with E-state index in [1.165, 1.54) is 0 Å². The van der Waals surface area contributed by atoms with Crippen LogP contribution in [0, 0.1) is 0 Å². The van der Waals surface area contributed by atoms with Gasteiger partial charge >= 0.3 is 0 Å². The van der Waals surface area contributed by atoms with E-state index in [-0.39, 0.29) is 6.42 Å². The largest absolute Gasteiger partial charge is 0.394 e. The third kappa shape index (κ3) is 5.53. The first-order chi connectivity index (χ1) is 7.95. The highest BCUT2D eigenvalue weighted by Crippen LogP contribution is 2.09. The fourth-order valence-corrected chi connectivity index (χ4v) is 1.31. The van der Waals surface area contributed by atoms with Crippen molar-refractivity contribution in [3.05, 3.63) is 0 Å². The summed E-state index contributed by atoms with van der Waals surface area (Å²) in [5.74, 6) is -1.10. The Bertz CT molecular complexity index is 225. The van der Waals surface area contributed by atoms with E-state index in [1.54, 1.807) is 0 Å². The van der Waals surface area contributed by atoms with Crippen LogP contribution in [0.25, 0.3) is 0 Å². The molecule has 17 heavy (non-hydrogen) atoms. The quantitative estimate of drug-likeness (QED) is 0.241. The smallest absolute Gasteiger partial charge is 0.195 e. The molecule has 0 aromatic carbocycles. The zero-order valence-electron chi connectivity index (χ0n) is 9.57. The van der Waals surface area contributed by atoms with Gasteiger partial charge in [-0.15, -0.1) is 0 Å². The van der Waals surface area contributed by atoms with Crippen LogP contribution in [-0.4, -0.2) is 68.9 Å². The number of aliphatic hydroxyl groups is 5. The van der Waals surface area contributed by atoms with Crippen molar-refractivity contribution in [3.63, 3.8) is 0 Å². The molecule has 7 heteroatoms. The summed E-state index contributed by atoms with van der Waals surface area (Å²) in [5.41, 5.74) is 5.24. The highest BCUT2D eigenvalue weighted by Gasteiger charge is 2.32. The Kier molecular flexibility index (Phi) is 8.23. The Labute approximate surface area is 99.5 Å². The molecule has 1 unspecified atom stereocenters. The molecule has 7 nitrogen and oxygen atoms in total. The molecule has 0 spiro atoms. The zero-order chi connectivity index (χ0) is 13.4. The number of hydrogen-bond donors (Lipinski definition) is 6. The van der Waals surface area contributed by atoms with Gasteiger partial charge in [0.2, 0.25) is 0 Å². The molecule has 0 amide bonds. The van der Waals surface area contributed by atoms with Crippen LogP contribution in [0.1, 0.15) is 19.3 Å². The van der Waals surface area contributed by atoms with E-state index in [0.717, 1.165) is 0 Å². The van der Waals surface area contributed by atoms with Gasteiger partial charge in [0.05, 0.1) is 12.7 Å². The normalized spacial score (nSPS) is 18.5. The van der Waals surface area contributed by atoms with Crippen molar-refractivity contribution >= 4 is 5.78 Å². The Hall–Kier alpha value is -0.570. The van der Waals surface area contributed by atoms with Gasteiger partial charge in [-0.25, -0.2) is 0 Å². The lowest BCUT2D eigenvalue weighted by Crippen LogP contribution is -2.46. The van der Waals surface area contributed by atoms with Crippen molar-refractivity contribution in [3.8, 4) is 0 Å². The lowest BCUT2D eigenvalue weighted by Gasteiger charge is -2.21. The molecular formula is C10H21NO6. The number of Topliss-reactive ketones (excluding diaryl/α,β-unsaturated/α-hetero) is 1. The predicted octanol–water partition coefficient (Wildman–Crippen LogP) is -2.88. The Balaban J connectivity index is 4.18. The topological polar surface area (TPSA) is 144 Å². The van der Waals surface area contributed by atoms with Crippen molar-refractivity contribution in [2.45, 2.75) is 43.7 Å². The van der Waals surface area contributed by atoms with Crippen molar-refractivity contribution in [1.29, 1.82) is 0 Å². The number of hydrogen-bond acceptors (Lipinski definition) is 7. The predicted molar refractivity (Wildman–Crippen MR) is 59.0 cm³/mol. The minimum absolute atomic E-state index is 0.173. The standard InChI is InChI=1S/C10H21NO6/c11-4-2-1-3-6(13)8(15)10(17)9(16)7(14)5-12/h6-9,12-16H,1-5,11H2/t6?,7-,8+,9-/m1/s1. The van der Waals surface area contributed by atoms with Crippen LogP contribution >= 0.6 is 0 Å². The number of nitrogens with two attached hydrogens (primary N) is 1. The van der Waals surface area contributed by atoms with Crippen molar-refractivity contribution in [2.24, 2.45) is 5.73 Å². The SMILES string of the molecule is NCCCCC(O)[C@H](O)C(=O)[C@H](O)[C@H](O)CO. The molecule has 0 aliphatic heterocycles. The summed E-state index contributed by atoms with van der Waals surface area (Å²) in [6, 6.07) is 0. The van der Waals surface area contributed by atoms with Gasteiger partial charge < -0.3 is 31.3 Å². The second-order valence-electron chi connectivity index (χ2n) is 3.89. The number of ketones is 1. The second-order valence-corrected chi connectivity index (χ2v) is 3.89. The number of carbonyl (C=O) groups is 1. The van der Waals surface area contributed by atoms with Crippen LogP contribution in [0.3, 0.4) is 0 Å². The molecule has 0 rings (SSSR count). The maximum absolute atomic E-state index is 11.4. The van der Waals surface area contributed by atoms with E-state index < -0.39 is 36.8 Å². The molecule has 0 bridgehead atoms. The van der Waals surface area contributed by atoms with Crippen LogP contribution in [-0.2, 0) is 4.79 Å². The summed E-state index contributed by atoms with van der Waals surface area (Å²) in [7, 11) is 0. The van der Waals surface area contributed by atoms with E-state index in [4.69, 9.17) is 15.9 Å². The van der Waals surface area contributed by atoms with Crippen molar-refractivity contribution in [2.75, 3.05) is 13.2 Å². The lowest BCUT2D eigenvalue weighted by atomic mass is 9.98. The molecule has 0 saturated heterocycles. The van der Waals surface area contributed by atoms with E-state index in [1.807, 2.05) is 0 Å². The van der Waals surface area contributed by atoms with Crippen LogP contribution < -0.4 is 5.73 Å². The average molecular weight is 251 g/mol. The first kappa shape index (κ1) is 16.4. The lowest BCUT2D eigenvalue weighted by molar-refractivity contribution is -0.149. The van der Waals surface area contributed by atoms with Crippen LogP contribution in [0.5, 0.6) is 0 Å². The maximum atomic E-state index is 11.4. The van der Waals surface area contributed by atoms with Gasteiger partial charge in [-0.2, -0.15) is 0 Å². The highest BCUT2D eigenvalue weighted by atomic mass is 16.4. The molecule has 0 aromatic heterocycles. The van der Waals surface area contributed by atoms with Gasteiger partial charge in [-0.05, 0) is 25.8 Å². The van der Waals surface area contributed by atoms with E-state index >= 15 is 0 Å². The number of aliphatic hydroxyl groups excluding tert-OH is 5. The molecule has 0 saturated carbocycles. The van der Waals surface area contributed by atoms with Gasteiger partial charge in [0.1, 0.15) is 18.3 Å². The monoisotopic (exact) mass is 251 g/mol. The van der Waals surface area contributed by atoms with E-state index in [9.17, 15) is 20.1 Å². The van der Waals surface area contributed by atoms with Crippen LogP contribution in [0.4, 0.5) is 0 Å². The highest BCUT2D eigenvalue weighted by molar-refractivity contribution is 5.88. The summed E-state index contributed by atoms with van der Waals surface area (Å²) in [6.07, 6.45) is -5.28. The molecule has 4 atom stereocenters. The third-order valence-electron chi connectivity index (χ3n) is 2.45. The number of carbonyl (C=O) groups excluding carboxylic acids is 1. The molecule has 0 fully saturated rings. The van der Waals surface area contributed by atoms with Gasteiger partial charge in [0.15, 0.2) is 5.78 Å². The third-order valence-corrected chi connectivity index (χ3v) is 2.45. The van der Waals surface area contributed by atoms with E-state index in [0.29, 0.717) is 19.4 Å². The average Bonchev–Trinajstić information content (AvgIpc) is 2.35. The Morgan fingerprint density at radius 1 is 1.00 bits per heavy atom. The summed E-state index contributed by atoms with van der Waals surface area (Å²) < 4.78 is 0. The van der Waals surface area contributed by atoms with Crippen molar-refractivity contribution < 1.29 is 30.3 Å². The molecule has 0 aliphatic carbocycles.